The van der Waals surface area contributed by atoms with Crippen LogP contribution in [0.3, 0.4) is 0 Å². The fraction of sp³-hybridized carbons (Fsp3) is 0.647. The topological polar surface area (TPSA) is 66.8 Å². The molecule has 1 N–H and O–H groups in total. The van der Waals surface area contributed by atoms with Crippen molar-refractivity contribution in [1.29, 1.82) is 0 Å². The van der Waals surface area contributed by atoms with Crippen LogP contribution in [0.5, 0.6) is 5.75 Å². The smallest absolute Gasteiger partial charge is 0.243 e. The van der Waals surface area contributed by atoms with Crippen molar-refractivity contribution >= 4 is 10.0 Å². The van der Waals surface area contributed by atoms with Gasteiger partial charge < -0.3 is 9.84 Å². The number of piperidine rings is 1. The second-order valence-electron chi connectivity index (χ2n) is 6.84. The molecule has 0 amide bonds. The number of ether oxygens (including phenoxy) is 1. The van der Waals surface area contributed by atoms with Gasteiger partial charge in [0.15, 0.2) is 0 Å². The summed E-state index contributed by atoms with van der Waals surface area (Å²) in [6, 6.07) is 4.97. The predicted molar refractivity (Wildman–Crippen MR) is 88.0 cm³/mol. The van der Waals surface area contributed by atoms with E-state index in [1.165, 1.54) is 0 Å². The van der Waals surface area contributed by atoms with Crippen molar-refractivity contribution in [1.82, 2.24) is 4.31 Å². The lowest BCUT2D eigenvalue weighted by molar-refractivity contribution is 0.0127. The molecule has 1 aliphatic heterocycles. The van der Waals surface area contributed by atoms with E-state index in [-0.39, 0.29) is 11.5 Å². The molecule has 1 heterocycles. The number of nitrogens with zero attached hydrogens (tertiary/aromatic N) is 1. The summed E-state index contributed by atoms with van der Waals surface area (Å²) in [6.45, 7) is 2.81. The molecule has 1 aliphatic carbocycles. The van der Waals surface area contributed by atoms with E-state index in [0.717, 1.165) is 37.7 Å². The third kappa shape index (κ3) is 2.88. The lowest BCUT2D eigenvalue weighted by atomic mass is 9.77. The van der Waals surface area contributed by atoms with Crippen LogP contribution in [0.2, 0.25) is 0 Å². The van der Waals surface area contributed by atoms with Crippen LogP contribution in [0.15, 0.2) is 23.1 Å². The summed E-state index contributed by atoms with van der Waals surface area (Å²) in [5.41, 5.74) is 0.563. The van der Waals surface area contributed by atoms with Crippen LogP contribution in [0.4, 0.5) is 0 Å². The molecule has 2 atom stereocenters. The minimum absolute atomic E-state index is 0.243. The molecule has 3 rings (SSSR count). The summed E-state index contributed by atoms with van der Waals surface area (Å²) in [6.07, 6.45) is 4.04. The van der Waals surface area contributed by atoms with Crippen LogP contribution in [0.1, 0.15) is 37.7 Å². The van der Waals surface area contributed by atoms with E-state index in [2.05, 4.69) is 0 Å². The average Bonchev–Trinajstić information content (AvgIpc) is 2.87. The number of sulfonamides is 1. The molecule has 1 saturated heterocycles. The van der Waals surface area contributed by atoms with E-state index in [9.17, 15) is 13.5 Å². The number of aliphatic hydroxyl groups is 1. The Hall–Kier alpha value is -1.11. The van der Waals surface area contributed by atoms with Crippen LogP contribution in [-0.2, 0) is 10.0 Å². The maximum absolute atomic E-state index is 13.0. The van der Waals surface area contributed by atoms with Crippen molar-refractivity contribution in [3.63, 3.8) is 0 Å². The Morgan fingerprint density at radius 3 is 2.65 bits per heavy atom. The molecule has 1 aromatic carbocycles. The fourth-order valence-electron chi connectivity index (χ4n) is 4.08. The molecule has 1 saturated carbocycles. The minimum atomic E-state index is -3.53. The fourth-order valence-corrected chi connectivity index (χ4v) is 5.74. The number of aryl methyl sites for hydroxylation is 1. The molecule has 2 aliphatic rings. The minimum Gasteiger partial charge on any atom is -0.496 e. The van der Waals surface area contributed by atoms with Gasteiger partial charge in [0.25, 0.3) is 0 Å². The van der Waals surface area contributed by atoms with E-state index in [1.807, 2.05) is 6.92 Å². The molecular weight excluding hydrogens is 314 g/mol. The van der Waals surface area contributed by atoms with Gasteiger partial charge in [-0.05, 0) is 56.4 Å². The van der Waals surface area contributed by atoms with Crippen LogP contribution < -0.4 is 4.74 Å². The van der Waals surface area contributed by atoms with Crippen LogP contribution in [0, 0.1) is 12.3 Å². The highest BCUT2D eigenvalue weighted by atomic mass is 32.2. The molecule has 1 aromatic rings. The van der Waals surface area contributed by atoms with Gasteiger partial charge in [0.05, 0.1) is 18.1 Å². The highest BCUT2D eigenvalue weighted by molar-refractivity contribution is 7.89. The quantitative estimate of drug-likeness (QED) is 0.918. The Morgan fingerprint density at radius 1 is 1.30 bits per heavy atom. The van der Waals surface area contributed by atoms with Crippen molar-refractivity contribution in [2.75, 3.05) is 20.2 Å². The van der Waals surface area contributed by atoms with Gasteiger partial charge in [0.2, 0.25) is 10.0 Å². The molecule has 6 heteroatoms. The molecular formula is C17H25NO4S. The SMILES string of the molecule is COc1ccc(S(=O)(=O)N2CCC[C@@]3(CCC[C@H]3O)C2)cc1C. The number of rotatable bonds is 3. The summed E-state index contributed by atoms with van der Waals surface area (Å²) in [4.78, 5) is 0.306. The number of hydrogen-bond donors (Lipinski definition) is 1. The number of hydrogen-bond acceptors (Lipinski definition) is 4. The van der Waals surface area contributed by atoms with E-state index >= 15 is 0 Å². The number of methoxy groups -OCH3 is 1. The van der Waals surface area contributed by atoms with Crippen molar-refractivity contribution in [3.8, 4) is 5.75 Å². The standard InChI is InChI=1S/C17H25NO4S/c1-13-11-14(6-7-15(13)22-2)23(20,21)18-10-4-9-17(12-18)8-3-5-16(17)19/h6-7,11,16,19H,3-5,8-10,12H2,1-2H3/t16-,17+/m1/s1. The van der Waals surface area contributed by atoms with E-state index in [4.69, 9.17) is 4.74 Å². The van der Waals surface area contributed by atoms with Gasteiger partial charge in [0, 0.05) is 18.5 Å². The largest absolute Gasteiger partial charge is 0.496 e. The highest BCUT2D eigenvalue weighted by Gasteiger charge is 2.47. The normalized spacial score (nSPS) is 29.1. The molecule has 0 aromatic heterocycles. The van der Waals surface area contributed by atoms with E-state index in [0.29, 0.717) is 23.7 Å². The zero-order chi connectivity index (χ0) is 16.7. The lowest BCUT2D eigenvalue weighted by Crippen LogP contribution is -2.49. The molecule has 1 spiro atoms. The number of aliphatic hydroxyl groups excluding tert-OH is 1. The molecule has 128 valence electrons. The van der Waals surface area contributed by atoms with Gasteiger partial charge in [-0.25, -0.2) is 8.42 Å². The first-order valence-corrected chi connectivity index (χ1v) is 9.66. The zero-order valence-electron chi connectivity index (χ0n) is 13.8. The average molecular weight is 339 g/mol. The van der Waals surface area contributed by atoms with Crippen LogP contribution in [0.25, 0.3) is 0 Å². The Balaban J connectivity index is 1.89. The first kappa shape index (κ1) is 16.7. The Kier molecular flexibility index (Phi) is 4.42. The van der Waals surface area contributed by atoms with Crippen molar-refractivity contribution in [3.05, 3.63) is 23.8 Å². The van der Waals surface area contributed by atoms with Gasteiger partial charge in [-0.3, -0.25) is 0 Å². The predicted octanol–water partition coefficient (Wildman–Crippen LogP) is 2.32. The highest BCUT2D eigenvalue weighted by Crippen LogP contribution is 2.46. The van der Waals surface area contributed by atoms with Crippen molar-refractivity contribution in [2.45, 2.75) is 50.0 Å². The molecule has 23 heavy (non-hydrogen) atoms. The number of benzene rings is 1. The summed E-state index contributed by atoms with van der Waals surface area (Å²) in [5.74, 6) is 0.685. The van der Waals surface area contributed by atoms with Crippen LogP contribution >= 0.6 is 0 Å². The first-order chi connectivity index (χ1) is 10.9. The molecule has 0 radical (unpaired) electrons. The summed E-state index contributed by atoms with van der Waals surface area (Å²) in [5, 5.41) is 10.3. The van der Waals surface area contributed by atoms with E-state index in [1.54, 1.807) is 29.6 Å². The Bertz CT molecular complexity index is 688. The maximum atomic E-state index is 13.0. The Labute approximate surface area is 138 Å². The monoisotopic (exact) mass is 339 g/mol. The van der Waals surface area contributed by atoms with Gasteiger partial charge in [-0.1, -0.05) is 6.42 Å². The van der Waals surface area contributed by atoms with Gasteiger partial charge >= 0.3 is 0 Å². The second kappa shape index (κ2) is 6.07. The molecule has 2 fully saturated rings. The van der Waals surface area contributed by atoms with Crippen LogP contribution in [-0.4, -0.2) is 44.1 Å². The second-order valence-corrected chi connectivity index (χ2v) is 8.78. The summed E-state index contributed by atoms with van der Waals surface area (Å²) < 4.78 is 32.7. The molecule has 0 unspecified atom stereocenters. The zero-order valence-corrected chi connectivity index (χ0v) is 14.6. The summed E-state index contributed by atoms with van der Waals surface area (Å²) in [7, 11) is -1.95. The third-order valence-corrected chi connectivity index (χ3v) is 7.28. The summed E-state index contributed by atoms with van der Waals surface area (Å²) >= 11 is 0. The van der Waals surface area contributed by atoms with Crippen molar-refractivity contribution < 1.29 is 18.3 Å². The molecule has 0 bridgehead atoms. The van der Waals surface area contributed by atoms with E-state index < -0.39 is 10.0 Å². The van der Waals surface area contributed by atoms with Gasteiger partial charge in [-0.2, -0.15) is 4.31 Å². The Morgan fingerprint density at radius 2 is 2.04 bits per heavy atom. The maximum Gasteiger partial charge on any atom is 0.243 e. The van der Waals surface area contributed by atoms with Gasteiger partial charge in [-0.15, -0.1) is 0 Å². The van der Waals surface area contributed by atoms with Gasteiger partial charge in [0.1, 0.15) is 5.75 Å². The van der Waals surface area contributed by atoms with Crippen molar-refractivity contribution in [2.24, 2.45) is 5.41 Å². The lowest BCUT2D eigenvalue weighted by Gasteiger charge is -2.41. The third-order valence-electron chi connectivity index (χ3n) is 5.44. The molecule has 5 nitrogen and oxygen atoms in total. The first-order valence-electron chi connectivity index (χ1n) is 8.22.